The number of piperidine rings is 1. The highest BCUT2D eigenvalue weighted by Gasteiger charge is 2.20. The molecule has 4 heteroatoms. The maximum Gasteiger partial charge on any atom is 0.0692 e. The van der Waals surface area contributed by atoms with Gasteiger partial charge >= 0.3 is 0 Å². The fraction of sp³-hybridized carbons (Fsp3) is 0.364. The first-order chi connectivity index (χ1) is 12.8. The summed E-state index contributed by atoms with van der Waals surface area (Å²) in [7, 11) is 0. The van der Waals surface area contributed by atoms with Gasteiger partial charge in [0.15, 0.2) is 0 Å². The van der Waals surface area contributed by atoms with Crippen LogP contribution < -0.4 is 0 Å². The Morgan fingerprint density at radius 3 is 2.88 bits per heavy atom. The van der Waals surface area contributed by atoms with Crippen molar-refractivity contribution in [2.75, 3.05) is 13.1 Å². The van der Waals surface area contributed by atoms with Gasteiger partial charge in [0.2, 0.25) is 0 Å². The molecule has 0 bridgehead atoms. The van der Waals surface area contributed by atoms with E-state index in [0.29, 0.717) is 5.92 Å². The largest absolute Gasteiger partial charge is 0.299 e. The first-order valence-corrected chi connectivity index (χ1v) is 9.49. The lowest BCUT2D eigenvalue weighted by atomic mass is 9.96. The van der Waals surface area contributed by atoms with Gasteiger partial charge in [-0.3, -0.25) is 9.58 Å². The summed E-state index contributed by atoms with van der Waals surface area (Å²) in [5.74, 6) is 0.657. The molecule has 1 aromatic heterocycles. The molecule has 0 spiro atoms. The van der Waals surface area contributed by atoms with Crippen LogP contribution in [0.15, 0.2) is 60.9 Å². The summed E-state index contributed by atoms with van der Waals surface area (Å²) in [5.41, 5.74) is 5.37. The summed E-state index contributed by atoms with van der Waals surface area (Å²) >= 11 is 0. The Kier molecular flexibility index (Phi) is 5.12. The number of aromatic nitrogens is 3. The third-order valence-corrected chi connectivity index (χ3v) is 5.31. The lowest BCUT2D eigenvalue weighted by molar-refractivity contribution is 0.153. The molecule has 0 radical (unpaired) electrons. The highest BCUT2D eigenvalue weighted by Crippen LogP contribution is 2.25. The maximum absolute atomic E-state index is 4.12. The number of likely N-dealkylation sites (tertiary alicyclic amines) is 1. The van der Waals surface area contributed by atoms with Gasteiger partial charge in [-0.25, -0.2) is 0 Å². The van der Waals surface area contributed by atoms with E-state index in [-0.39, 0.29) is 0 Å². The van der Waals surface area contributed by atoms with Crippen molar-refractivity contribution < 1.29 is 0 Å². The number of rotatable bonds is 5. The highest BCUT2D eigenvalue weighted by molar-refractivity contribution is 5.67. The van der Waals surface area contributed by atoms with Crippen molar-refractivity contribution in [3.63, 3.8) is 0 Å². The van der Waals surface area contributed by atoms with E-state index in [1.807, 2.05) is 10.9 Å². The zero-order valence-corrected chi connectivity index (χ0v) is 15.4. The summed E-state index contributed by atoms with van der Waals surface area (Å²) in [6, 6.07) is 17.6. The van der Waals surface area contributed by atoms with Gasteiger partial charge in [-0.2, -0.15) is 0 Å². The Balaban J connectivity index is 1.44. The van der Waals surface area contributed by atoms with Gasteiger partial charge in [0, 0.05) is 25.8 Å². The third-order valence-electron chi connectivity index (χ3n) is 5.31. The van der Waals surface area contributed by atoms with Gasteiger partial charge in [-0.15, -0.1) is 5.10 Å². The number of hydrogen-bond acceptors (Lipinski definition) is 3. The lowest BCUT2D eigenvalue weighted by Gasteiger charge is -2.32. The molecular formula is C22H26N4. The van der Waals surface area contributed by atoms with Crippen LogP contribution in [0.3, 0.4) is 0 Å². The van der Waals surface area contributed by atoms with E-state index in [2.05, 4.69) is 70.7 Å². The van der Waals surface area contributed by atoms with Crippen LogP contribution in [0.2, 0.25) is 0 Å². The average molecular weight is 346 g/mol. The number of aryl methyl sites for hydroxylation is 1. The van der Waals surface area contributed by atoms with Gasteiger partial charge in [0.1, 0.15) is 0 Å². The maximum atomic E-state index is 4.12. The second-order valence-electron chi connectivity index (χ2n) is 7.38. The van der Waals surface area contributed by atoms with E-state index >= 15 is 0 Å². The molecule has 0 amide bonds. The summed E-state index contributed by atoms with van der Waals surface area (Å²) in [6.45, 7) is 6.49. The second-order valence-corrected chi connectivity index (χ2v) is 7.38. The minimum absolute atomic E-state index is 0.657. The van der Waals surface area contributed by atoms with Gasteiger partial charge < -0.3 is 0 Å². The molecule has 1 aliphatic heterocycles. The third kappa shape index (κ3) is 4.02. The standard InChI is InChI=1S/C22H26N4/c1-18-6-2-3-10-22(18)21-9-4-7-19(14-21)15-25-12-5-8-20(16-25)17-26-13-11-23-24-26/h2-4,6-7,9-11,13-14,20H,5,8,12,15-17H2,1H3. The predicted molar refractivity (Wildman–Crippen MR) is 105 cm³/mol. The van der Waals surface area contributed by atoms with E-state index in [9.17, 15) is 0 Å². The second kappa shape index (κ2) is 7.83. The smallest absolute Gasteiger partial charge is 0.0692 e. The van der Waals surface area contributed by atoms with Crippen LogP contribution in [0.1, 0.15) is 24.0 Å². The zero-order chi connectivity index (χ0) is 17.8. The van der Waals surface area contributed by atoms with Gasteiger partial charge in [-0.1, -0.05) is 47.7 Å². The van der Waals surface area contributed by atoms with E-state index in [1.165, 1.54) is 41.6 Å². The van der Waals surface area contributed by atoms with Crippen molar-refractivity contribution in [1.29, 1.82) is 0 Å². The minimum atomic E-state index is 0.657. The van der Waals surface area contributed by atoms with Crippen LogP contribution in [-0.4, -0.2) is 33.0 Å². The molecule has 2 heterocycles. The van der Waals surface area contributed by atoms with Crippen LogP contribution in [0.25, 0.3) is 11.1 Å². The van der Waals surface area contributed by atoms with Crippen LogP contribution in [0, 0.1) is 12.8 Å². The molecule has 1 atom stereocenters. The molecule has 4 rings (SSSR count). The number of hydrogen-bond donors (Lipinski definition) is 0. The molecule has 0 aliphatic carbocycles. The number of nitrogens with zero attached hydrogens (tertiary/aromatic N) is 4. The number of benzene rings is 2. The Bertz CT molecular complexity index is 841. The molecule has 0 saturated carbocycles. The summed E-state index contributed by atoms with van der Waals surface area (Å²) in [5, 5.41) is 8.04. The molecular weight excluding hydrogens is 320 g/mol. The van der Waals surface area contributed by atoms with Crippen molar-refractivity contribution >= 4 is 0 Å². The van der Waals surface area contributed by atoms with Crippen molar-refractivity contribution in [1.82, 2.24) is 19.9 Å². The molecule has 26 heavy (non-hydrogen) atoms. The Labute approximate surface area is 155 Å². The zero-order valence-electron chi connectivity index (χ0n) is 15.4. The van der Waals surface area contributed by atoms with Crippen LogP contribution >= 0.6 is 0 Å². The fourth-order valence-corrected chi connectivity index (χ4v) is 4.03. The molecule has 1 unspecified atom stereocenters. The summed E-state index contributed by atoms with van der Waals surface area (Å²) in [6.07, 6.45) is 6.26. The van der Waals surface area contributed by atoms with Crippen molar-refractivity contribution in [3.8, 4) is 11.1 Å². The van der Waals surface area contributed by atoms with E-state index in [1.54, 1.807) is 6.20 Å². The lowest BCUT2D eigenvalue weighted by Crippen LogP contribution is -2.36. The molecule has 1 saturated heterocycles. The first-order valence-electron chi connectivity index (χ1n) is 9.49. The van der Waals surface area contributed by atoms with E-state index in [4.69, 9.17) is 0 Å². The Morgan fingerprint density at radius 2 is 2.04 bits per heavy atom. The Morgan fingerprint density at radius 1 is 1.12 bits per heavy atom. The van der Waals surface area contributed by atoms with Gasteiger partial charge in [0.25, 0.3) is 0 Å². The van der Waals surface area contributed by atoms with Gasteiger partial charge in [-0.05, 0) is 60.5 Å². The topological polar surface area (TPSA) is 34.0 Å². The van der Waals surface area contributed by atoms with E-state index < -0.39 is 0 Å². The monoisotopic (exact) mass is 346 g/mol. The Hall–Kier alpha value is -2.46. The molecule has 134 valence electrons. The molecule has 1 fully saturated rings. The van der Waals surface area contributed by atoms with Gasteiger partial charge in [0.05, 0.1) is 6.20 Å². The van der Waals surface area contributed by atoms with Crippen LogP contribution in [0.4, 0.5) is 0 Å². The molecule has 4 nitrogen and oxygen atoms in total. The molecule has 2 aromatic carbocycles. The highest BCUT2D eigenvalue weighted by atomic mass is 15.4. The van der Waals surface area contributed by atoms with Crippen LogP contribution in [-0.2, 0) is 13.1 Å². The van der Waals surface area contributed by atoms with E-state index in [0.717, 1.165) is 19.6 Å². The predicted octanol–water partition coefficient (Wildman–Crippen LogP) is 4.17. The average Bonchev–Trinajstić information content (AvgIpc) is 3.16. The van der Waals surface area contributed by atoms with Crippen molar-refractivity contribution in [2.45, 2.75) is 32.9 Å². The summed E-state index contributed by atoms with van der Waals surface area (Å²) in [4.78, 5) is 2.59. The minimum Gasteiger partial charge on any atom is -0.299 e. The molecule has 0 N–H and O–H groups in total. The first kappa shape index (κ1) is 17.0. The quantitative estimate of drug-likeness (QED) is 0.695. The summed E-state index contributed by atoms with van der Waals surface area (Å²) < 4.78 is 1.97. The normalized spacial score (nSPS) is 18.1. The van der Waals surface area contributed by atoms with Crippen LogP contribution in [0.5, 0.6) is 0 Å². The van der Waals surface area contributed by atoms with Crippen molar-refractivity contribution in [2.24, 2.45) is 5.92 Å². The van der Waals surface area contributed by atoms with Crippen molar-refractivity contribution in [3.05, 3.63) is 72.1 Å². The fourth-order valence-electron chi connectivity index (χ4n) is 4.03. The molecule has 1 aliphatic rings. The molecule has 3 aromatic rings. The SMILES string of the molecule is Cc1ccccc1-c1cccc(CN2CCCC(Cn3ccnn3)C2)c1.